The Labute approximate surface area is 177 Å². The van der Waals surface area contributed by atoms with Gasteiger partial charge in [0.25, 0.3) is 0 Å². The molecule has 28 heavy (non-hydrogen) atoms. The number of aliphatic carboxylic acids is 1. The van der Waals surface area contributed by atoms with Crippen LogP contribution in [0.4, 0.5) is 0 Å². The third kappa shape index (κ3) is 24.9. The molecular formula is C22H54O6. The summed E-state index contributed by atoms with van der Waals surface area (Å²) in [6, 6.07) is 0. The summed E-state index contributed by atoms with van der Waals surface area (Å²) >= 11 is 0. The lowest BCUT2D eigenvalue weighted by atomic mass is 9.91. The largest absolute Gasteiger partial charge is 0.481 e. The molecule has 1 heterocycles. The number of aliphatic hydroxyl groups is 1. The van der Waals surface area contributed by atoms with Crippen molar-refractivity contribution in [3.8, 4) is 0 Å². The van der Waals surface area contributed by atoms with Gasteiger partial charge < -0.3 is 19.7 Å². The van der Waals surface area contributed by atoms with Gasteiger partial charge in [0.05, 0.1) is 30.1 Å². The lowest BCUT2D eigenvalue weighted by molar-refractivity contribution is -0.155. The first-order valence-corrected chi connectivity index (χ1v) is 8.07. The monoisotopic (exact) mass is 414 g/mol. The van der Waals surface area contributed by atoms with E-state index in [9.17, 15) is 9.59 Å². The zero-order chi connectivity index (χ0) is 18.7. The smallest absolute Gasteiger partial charge is 0.311 e. The van der Waals surface area contributed by atoms with Gasteiger partial charge in [0, 0.05) is 0 Å². The number of rotatable bonds is 6. The second-order valence-electron chi connectivity index (χ2n) is 6.78. The number of carbonyl (C=O) groups is 2. The Morgan fingerprint density at radius 3 is 1.43 bits per heavy atom. The summed E-state index contributed by atoms with van der Waals surface area (Å²) in [5.41, 5.74) is -0.963. The van der Waals surface area contributed by atoms with Gasteiger partial charge in [-0.2, -0.15) is 0 Å². The van der Waals surface area contributed by atoms with E-state index in [1.54, 1.807) is 13.8 Å². The molecule has 178 valence electrons. The van der Waals surface area contributed by atoms with Crippen molar-refractivity contribution < 1.29 is 29.3 Å². The SMILES string of the molecule is C.C.C.C.C.CC1CO1.CCC(C)(C)C(=O)O.CCC(C)(C)C(=O)OCCO. The lowest BCUT2D eigenvalue weighted by Crippen LogP contribution is -2.26. The Hall–Kier alpha value is -1.14. The van der Waals surface area contributed by atoms with E-state index in [-0.39, 0.29) is 56.3 Å². The molecule has 0 aromatic carbocycles. The van der Waals surface area contributed by atoms with Gasteiger partial charge in [0.1, 0.15) is 6.61 Å². The van der Waals surface area contributed by atoms with E-state index in [2.05, 4.69) is 6.92 Å². The van der Waals surface area contributed by atoms with Gasteiger partial charge in [0.15, 0.2) is 0 Å². The molecule has 1 atom stereocenters. The molecule has 0 bridgehead atoms. The maximum absolute atomic E-state index is 11.1. The molecule has 0 aliphatic carbocycles. The molecule has 0 aromatic rings. The van der Waals surface area contributed by atoms with E-state index in [0.29, 0.717) is 12.5 Å². The molecule has 0 saturated carbocycles. The molecule has 0 spiro atoms. The van der Waals surface area contributed by atoms with Crippen molar-refractivity contribution in [3.05, 3.63) is 0 Å². The molecule has 6 nitrogen and oxygen atoms in total. The van der Waals surface area contributed by atoms with Crippen LogP contribution in [0.2, 0.25) is 0 Å². The summed E-state index contributed by atoms with van der Waals surface area (Å²) in [5, 5.41) is 16.8. The van der Waals surface area contributed by atoms with Crippen LogP contribution < -0.4 is 0 Å². The number of aliphatic hydroxyl groups excluding tert-OH is 1. The highest BCUT2D eigenvalue weighted by molar-refractivity contribution is 5.75. The molecular weight excluding hydrogens is 360 g/mol. The van der Waals surface area contributed by atoms with Crippen molar-refractivity contribution in [2.24, 2.45) is 10.8 Å². The number of epoxide rings is 1. The van der Waals surface area contributed by atoms with Crippen LogP contribution in [-0.2, 0) is 19.1 Å². The molecule has 1 aliphatic heterocycles. The van der Waals surface area contributed by atoms with Gasteiger partial charge in [-0.05, 0) is 47.5 Å². The molecule has 0 radical (unpaired) electrons. The van der Waals surface area contributed by atoms with E-state index < -0.39 is 16.8 Å². The van der Waals surface area contributed by atoms with Crippen molar-refractivity contribution in [1.29, 1.82) is 0 Å². The van der Waals surface area contributed by atoms with Crippen LogP contribution in [0.25, 0.3) is 0 Å². The fourth-order valence-corrected chi connectivity index (χ4v) is 0.725. The van der Waals surface area contributed by atoms with Gasteiger partial charge in [-0.15, -0.1) is 0 Å². The zero-order valence-corrected chi connectivity index (χ0v) is 15.6. The topological polar surface area (TPSA) is 96.4 Å². The molecule has 1 unspecified atom stereocenters. The number of esters is 1. The Morgan fingerprint density at radius 2 is 1.29 bits per heavy atom. The van der Waals surface area contributed by atoms with Gasteiger partial charge in [-0.25, -0.2) is 0 Å². The van der Waals surface area contributed by atoms with Gasteiger partial charge in [0.2, 0.25) is 0 Å². The molecule has 0 aromatic heterocycles. The summed E-state index contributed by atoms with van der Waals surface area (Å²) in [5.74, 6) is -0.964. The number of carboxylic acid groups (broad SMARTS) is 1. The van der Waals surface area contributed by atoms with Crippen LogP contribution in [0.5, 0.6) is 0 Å². The molecule has 1 fully saturated rings. The van der Waals surface area contributed by atoms with E-state index >= 15 is 0 Å². The Morgan fingerprint density at radius 1 is 0.964 bits per heavy atom. The first-order valence-electron chi connectivity index (χ1n) is 8.07. The average Bonchev–Trinajstić information content (AvgIpc) is 3.28. The molecule has 1 saturated heterocycles. The standard InChI is InChI=1S/C8H16O3.C6H12O2.C3H6O.5CH4/c1-4-8(2,3)7(10)11-6-5-9;1-4-6(2,3)5(7)8;1-3-2-4-3;;;;;/h9H,4-6H2,1-3H3;4H2,1-3H3,(H,7,8);3H,2H2,1H3;5*1H4. The number of ether oxygens (including phenoxy) is 2. The third-order valence-electron chi connectivity index (χ3n) is 3.72. The number of carbonyl (C=O) groups excluding carboxylic acids is 1. The van der Waals surface area contributed by atoms with Crippen molar-refractivity contribution in [2.75, 3.05) is 19.8 Å². The fourth-order valence-electron chi connectivity index (χ4n) is 0.725. The normalized spacial score (nSPS) is 13.4. The summed E-state index contributed by atoms with van der Waals surface area (Å²) in [6.45, 7) is 13.9. The maximum Gasteiger partial charge on any atom is 0.311 e. The minimum absolute atomic E-state index is 0. The first kappa shape index (κ1) is 45.5. The number of carboxylic acids is 1. The molecule has 1 aliphatic rings. The quantitative estimate of drug-likeness (QED) is 0.405. The molecule has 1 rings (SSSR count). The van der Waals surface area contributed by atoms with Crippen molar-refractivity contribution in [1.82, 2.24) is 0 Å². The van der Waals surface area contributed by atoms with Gasteiger partial charge in [-0.1, -0.05) is 51.0 Å². The van der Waals surface area contributed by atoms with Crippen LogP contribution >= 0.6 is 0 Å². The van der Waals surface area contributed by atoms with Crippen LogP contribution in [0.1, 0.15) is 98.4 Å². The number of hydrogen-bond acceptors (Lipinski definition) is 5. The van der Waals surface area contributed by atoms with Crippen LogP contribution in [0, 0.1) is 10.8 Å². The van der Waals surface area contributed by atoms with Crippen molar-refractivity contribution in [2.45, 2.75) is 105 Å². The summed E-state index contributed by atoms with van der Waals surface area (Å²) in [6.07, 6.45) is 2.01. The van der Waals surface area contributed by atoms with Crippen molar-refractivity contribution >= 4 is 11.9 Å². The second kappa shape index (κ2) is 22.2. The van der Waals surface area contributed by atoms with E-state index in [1.165, 1.54) is 0 Å². The highest BCUT2D eigenvalue weighted by atomic mass is 16.6. The Balaban J connectivity index is -0.0000000464. The van der Waals surface area contributed by atoms with E-state index in [1.807, 2.05) is 27.7 Å². The van der Waals surface area contributed by atoms with Crippen LogP contribution in [0.15, 0.2) is 0 Å². The second-order valence-corrected chi connectivity index (χ2v) is 6.78. The molecule has 2 N–H and O–H groups in total. The Bertz CT molecular complexity index is 347. The van der Waals surface area contributed by atoms with Crippen LogP contribution in [-0.4, -0.2) is 48.1 Å². The average molecular weight is 415 g/mol. The van der Waals surface area contributed by atoms with Crippen LogP contribution in [0.3, 0.4) is 0 Å². The first-order chi connectivity index (χ1) is 10.4. The minimum Gasteiger partial charge on any atom is -0.481 e. The highest BCUT2D eigenvalue weighted by Crippen LogP contribution is 2.21. The minimum atomic E-state index is -0.722. The summed E-state index contributed by atoms with van der Waals surface area (Å²) in [4.78, 5) is 21.4. The molecule has 0 amide bonds. The van der Waals surface area contributed by atoms with Crippen molar-refractivity contribution in [3.63, 3.8) is 0 Å². The van der Waals surface area contributed by atoms with E-state index in [0.717, 1.165) is 13.0 Å². The third-order valence-corrected chi connectivity index (χ3v) is 3.72. The van der Waals surface area contributed by atoms with Gasteiger partial charge >= 0.3 is 11.9 Å². The van der Waals surface area contributed by atoms with E-state index in [4.69, 9.17) is 19.7 Å². The lowest BCUT2D eigenvalue weighted by Gasteiger charge is -2.19. The number of hydrogen-bond donors (Lipinski definition) is 2. The zero-order valence-electron chi connectivity index (χ0n) is 15.6. The fraction of sp³-hybridized carbons (Fsp3) is 0.909. The predicted molar refractivity (Wildman–Crippen MR) is 123 cm³/mol. The summed E-state index contributed by atoms with van der Waals surface area (Å²) < 4.78 is 9.47. The Kier molecular flexibility index (Phi) is 36.0. The van der Waals surface area contributed by atoms with Gasteiger partial charge in [-0.3, -0.25) is 9.59 Å². The summed E-state index contributed by atoms with van der Waals surface area (Å²) in [7, 11) is 0. The molecule has 6 heteroatoms. The predicted octanol–water partition coefficient (Wildman–Crippen LogP) is 6.05. The highest BCUT2D eigenvalue weighted by Gasteiger charge is 2.26. The maximum atomic E-state index is 11.1.